The molecule has 2 radical (unpaired) electrons. The first kappa shape index (κ1) is 18.2. The predicted molar refractivity (Wildman–Crippen MR) is 81.6 cm³/mol. The molecule has 11 nitrogen and oxygen atoms in total. The minimum absolute atomic E-state index is 0.0771. The lowest BCUT2D eigenvalue weighted by Crippen LogP contribution is -2.37. The Morgan fingerprint density at radius 2 is 2.00 bits per heavy atom. The van der Waals surface area contributed by atoms with Crippen LogP contribution < -0.4 is 16.0 Å². The van der Waals surface area contributed by atoms with Crippen LogP contribution in [0.25, 0.3) is 0 Å². The number of rotatable bonds is 6. The highest BCUT2D eigenvalue weighted by Crippen LogP contribution is 2.39. The van der Waals surface area contributed by atoms with E-state index in [4.69, 9.17) is 35.8 Å². The van der Waals surface area contributed by atoms with Gasteiger partial charge in [0.15, 0.2) is 6.23 Å². The van der Waals surface area contributed by atoms with Crippen LogP contribution in [-0.4, -0.2) is 62.7 Å². The van der Waals surface area contributed by atoms with Gasteiger partial charge >= 0.3 is 21.2 Å². The van der Waals surface area contributed by atoms with Crippen molar-refractivity contribution in [3.63, 3.8) is 0 Å². The van der Waals surface area contributed by atoms with Crippen LogP contribution in [-0.2, 0) is 28.0 Å². The van der Waals surface area contributed by atoms with E-state index < -0.39 is 50.2 Å². The lowest BCUT2D eigenvalue weighted by Gasteiger charge is -2.20. The maximum Gasteiger partial charge on any atom is 0.554 e. The molecule has 2 aliphatic heterocycles. The summed E-state index contributed by atoms with van der Waals surface area (Å²) in [5.74, 6) is -0.0771. The molecule has 1 aromatic rings. The first-order chi connectivity index (χ1) is 11.9. The molecule has 3 rings (SSSR count). The third kappa shape index (κ3) is 3.54. The van der Waals surface area contributed by atoms with Gasteiger partial charge in [-0.3, -0.25) is 14.3 Å². The zero-order valence-corrected chi connectivity index (χ0v) is 14.2. The van der Waals surface area contributed by atoms with E-state index in [1.54, 1.807) is 0 Å². The molecule has 25 heavy (non-hydrogen) atoms. The van der Waals surface area contributed by atoms with Crippen molar-refractivity contribution in [1.82, 2.24) is 9.55 Å². The van der Waals surface area contributed by atoms with E-state index in [1.807, 2.05) is 0 Å². The van der Waals surface area contributed by atoms with E-state index in [2.05, 4.69) is 4.98 Å². The Morgan fingerprint density at radius 1 is 1.28 bits per heavy atom. The fourth-order valence-electron chi connectivity index (χ4n) is 2.72. The van der Waals surface area contributed by atoms with Crippen LogP contribution in [0.1, 0.15) is 6.23 Å². The second-order valence-electron chi connectivity index (χ2n) is 5.24. The third-order valence-electron chi connectivity index (χ3n) is 3.81. The molecule has 0 saturated carbocycles. The minimum atomic E-state index is -2.33. The zero-order valence-electron chi connectivity index (χ0n) is 13.3. The Kier molecular flexibility index (Phi) is 5.37. The van der Waals surface area contributed by atoms with Crippen LogP contribution >= 0.6 is 7.91 Å². The second kappa shape index (κ2) is 7.36. The quantitative estimate of drug-likeness (QED) is 0.493. The van der Waals surface area contributed by atoms with Gasteiger partial charge in [-0.05, 0) is 0 Å². The van der Waals surface area contributed by atoms with Gasteiger partial charge in [-0.25, -0.2) is 4.79 Å². The lowest BCUT2D eigenvalue weighted by molar-refractivity contribution is -0.256. The molecule has 3 heterocycles. The summed E-state index contributed by atoms with van der Waals surface area (Å²) in [6.45, 7) is -1.10. The number of aromatic nitrogens is 2. The highest BCUT2D eigenvalue weighted by Gasteiger charge is 2.54. The molecule has 1 aromatic heterocycles. The maximum absolute atomic E-state index is 12.2. The van der Waals surface area contributed by atoms with Crippen molar-refractivity contribution >= 4 is 15.5 Å². The van der Waals surface area contributed by atoms with Crippen LogP contribution in [0.2, 0.25) is 0 Å². The number of nitrogens with one attached hydrogen (secondary N) is 1. The first-order valence-electron chi connectivity index (χ1n) is 7.18. The number of hydrogen-bond donors (Lipinski definition) is 1. The molecule has 0 spiro atoms. The zero-order chi connectivity index (χ0) is 18.1. The van der Waals surface area contributed by atoms with Crippen molar-refractivity contribution in [3.05, 3.63) is 27.0 Å². The maximum atomic E-state index is 12.2. The summed E-state index contributed by atoms with van der Waals surface area (Å²) in [5.41, 5.74) is -1.39. The van der Waals surface area contributed by atoms with Gasteiger partial charge in [-0.1, -0.05) is 4.57 Å². The molecule has 2 fully saturated rings. The topological polar surface area (TPSA) is 127 Å². The summed E-state index contributed by atoms with van der Waals surface area (Å²) in [6.07, 6.45) is -1.86. The molecule has 0 bridgehead atoms. The fourth-order valence-corrected chi connectivity index (χ4v) is 3.02. The normalized spacial score (nSPS) is 31.8. The molecular formula is C12H15BN2O9P+. The Hall–Kier alpha value is -1.56. The van der Waals surface area contributed by atoms with Crippen molar-refractivity contribution in [2.75, 3.05) is 20.8 Å². The second-order valence-corrected chi connectivity index (χ2v) is 6.06. The average Bonchev–Trinajstić information content (AvgIpc) is 3.12. The summed E-state index contributed by atoms with van der Waals surface area (Å²) in [5, 5.41) is 0. The van der Waals surface area contributed by atoms with Crippen molar-refractivity contribution in [2.45, 2.75) is 31.0 Å². The molecule has 6 atom stereocenters. The largest absolute Gasteiger partial charge is 0.554 e. The lowest BCUT2D eigenvalue weighted by atomic mass is 10.1. The van der Waals surface area contributed by atoms with Gasteiger partial charge in [0, 0.05) is 7.11 Å². The van der Waals surface area contributed by atoms with E-state index in [-0.39, 0.29) is 12.4 Å². The van der Waals surface area contributed by atoms with E-state index in [1.165, 1.54) is 20.4 Å². The summed E-state index contributed by atoms with van der Waals surface area (Å²) in [7, 11) is 5.46. The van der Waals surface area contributed by atoms with Crippen LogP contribution in [0.3, 0.4) is 0 Å². The number of hydrogen-bond acceptors (Lipinski definition) is 9. The van der Waals surface area contributed by atoms with Crippen molar-refractivity contribution in [3.8, 4) is 5.75 Å². The van der Waals surface area contributed by atoms with Crippen LogP contribution in [0.15, 0.2) is 15.8 Å². The van der Waals surface area contributed by atoms with E-state index >= 15 is 0 Å². The summed E-state index contributed by atoms with van der Waals surface area (Å²) in [6, 6.07) is 0. The molecule has 0 aliphatic carbocycles. The Labute approximate surface area is 143 Å². The number of nitrogens with zero attached hydrogens (tertiary/aromatic N) is 1. The molecule has 134 valence electrons. The number of H-pyrrole nitrogens is 1. The van der Waals surface area contributed by atoms with Gasteiger partial charge in [-0.15, -0.1) is 0 Å². The van der Waals surface area contributed by atoms with Gasteiger partial charge in [0.05, 0.1) is 13.3 Å². The van der Waals surface area contributed by atoms with Gasteiger partial charge in [0.25, 0.3) is 12.0 Å². The average molecular weight is 373 g/mol. The monoisotopic (exact) mass is 373 g/mol. The third-order valence-corrected chi connectivity index (χ3v) is 4.21. The van der Waals surface area contributed by atoms with Crippen molar-refractivity contribution in [2.24, 2.45) is 0 Å². The van der Waals surface area contributed by atoms with Crippen molar-refractivity contribution in [1.29, 1.82) is 0 Å². The predicted octanol–water partition coefficient (Wildman–Crippen LogP) is -1.00. The number of aromatic amines is 1. The standard InChI is InChI=1S/C12H15BN2O9P/c1-19-5-3-15(11(17)14-9(5)16)10-8-7(23-12(20-2)24-8)6(22-10)4-21-25(13)18/h3,6-8,10,12H,4H2,1-2H3,(H,14,16,17)/q+1/t6-,7?,8+,10-,12?/m1/s1. The Balaban J connectivity index is 1.92. The molecular weight excluding hydrogens is 358 g/mol. The smallest absolute Gasteiger partial charge is 0.490 e. The molecule has 1 N–H and O–H groups in total. The Bertz CT molecular complexity index is 768. The molecule has 3 unspecified atom stereocenters. The number of fused-ring (bicyclic) bond motifs is 1. The summed E-state index contributed by atoms with van der Waals surface area (Å²) >= 11 is 0. The summed E-state index contributed by atoms with van der Waals surface area (Å²) in [4.78, 5) is 25.9. The highest BCUT2D eigenvalue weighted by atomic mass is 31.1. The number of ether oxygens (including phenoxy) is 5. The molecule has 0 aromatic carbocycles. The van der Waals surface area contributed by atoms with E-state index in [9.17, 15) is 14.2 Å². The van der Waals surface area contributed by atoms with Crippen LogP contribution in [0.5, 0.6) is 5.75 Å². The first-order valence-corrected chi connectivity index (χ1v) is 8.42. The SMILES string of the molecule is [B][P+](=O)OC[C@H]1O[C@@H](n2cc(OC)c(=O)[nH]c2=O)[C@H]2OC(OC)OC12. The minimum Gasteiger partial charge on any atom is -0.490 e. The molecule has 0 amide bonds. The molecule has 13 heteroatoms. The number of methoxy groups -OCH3 is 2. The van der Waals surface area contributed by atoms with Crippen molar-refractivity contribution < 1.29 is 32.8 Å². The van der Waals surface area contributed by atoms with Crippen LogP contribution in [0.4, 0.5) is 0 Å². The van der Waals surface area contributed by atoms with E-state index in [0.29, 0.717) is 0 Å². The Morgan fingerprint density at radius 3 is 2.64 bits per heavy atom. The van der Waals surface area contributed by atoms with Crippen LogP contribution in [0, 0.1) is 0 Å². The van der Waals surface area contributed by atoms with Gasteiger partial charge in [0.2, 0.25) is 5.75 Å². The van der Waals surface area contributed by atoms with Gasteiger partial charge in [-0.2, -0.15) is 4.52 Å². The molecule has 2 aliphatic rings. The van der Waals surface area contributed by atoms with Gasteiger partial charge < -0.3 is 23.7 Å². The van der Waals surface area contributed by atoms with Gasteiger partial charge in [0.1, 0.15) is 24.9 Å². The van der Waals surface area contributed by atoms with E-state index in [0.717, 1.165) is 4.57 Å². The highest BCUT2D eigenvalue weighted by molar-refractivity contribution is 7.67. The summed E-state index contributed by atoms with van der Waals surface area (Å²) < 4.78 is 43.8. The fraction of sp³-hybridized carbons (Fsp3) is 0.667. The molecule has 2 saturated heterocycles.